The number of nitrogen functional groups attached to an aromatic ring is 1. The van der Waals surface area contributed by atoms with Gasteiger partial charge in [0.05, 0.1) is 16.3 Å². The maximum Gasteiger partial charge on any atom is 1.00 e. The van der Waals surface area contributed by atoms with Gasteiger partial charge in [0.25, 0.3) is 0 Å². The second-order valence-electron chi connectivity index (χ2n) is 5.10. The first kappa shape index (κ1) is 21.5. The number of anilines is 1. The molecule has 128 valence electrons. The SMILES string of the molecule is Nc1c(N=Nc2ccc(Br)cc2Br)cc(S(=O)(=O)[O-])c2ccccc12.[Na+]. The molecule has 0 saturated carbocycles. The van der Waals surface area contributed by atoms with Gasteiger partial charge in [-0.05, 0) is 40.2 Å². The summed E-state index contributed by atoms with van der Waals surface area (Å²) < 4.78 is 36.3. The van der Waals surface area contributed by atoms with Gasteiger partial charge >= 0.3 is 29.6 Å². The summed E-state index contributed by atoms with van der Waals surface area (Å²) in [5.74, 6) is 0. The molecule has 2 N–H and O–H groups in total. The summed E-state index contributed by atoms with van der Waals surface area (Å²) in [6.07, 6.45) is 0. The molecule has 0 aromatic heterocycles. The number of rotatable bonds is 3. The Labute approximate surface area is 189 Å². The van der Waals surface area contributed by atoms with Crippen molar-refractivity contribution in [2.75, 3.05) is 5.73 Å². The van der Waals surface area contributed by atoms with Gasteiger partial charge < -0.3 is 10.3 Å². The Bertz CT molecular complexity index is 1120. The predicted molar refractivity (Wildman–Crippen MR) is 102 cm³/mol. The molecular formula is C16H10Br2N3NaO3S. The maximum atomic E-state index is 11.6. The molecule has 0 aliphatic carbocycles. The number of hydrogen-bond acceptors (Lipinski definition) is 6. The number of benzene rings is 3. The second-order valence-corrected chi connectivity index (χ2v) is 8.22. The molecule has 3 aromatic rings. The van der Waals surface area contributed by atoms with Crippen LogP contribution in [0.1, 0.15) is 0 Å². The summed E-state index contributed by atoms with van der Waals surface area (Å²) in [5, 5.41) is 8.83. The molecule has 0 aliphatic rings. The average molecular weight is 507 g/mol. The van der Waals surface area contributed by atoms with E-state index in [0.29, 0.717) is 15.5 Å². The Morgan fingerprint density at radius 3 is 2.15 bits per heavy atom. The topological polar surface area (TPSA) is 108 Å². The van der Waals surface area contributed by atoms with E-state index in [4.69, 9.17) is 5.73 Å². The Kier molecular flexibility index (Phi) is 7.00. The molecule has 0 bridgehead atoms. The van der Waals surface area contributed by atoms with Crippen molar-refractivity contribution < 1.29 is 42.5 Å². The van der Waals surface area contributed by atoms with Crippen LogP contribution in [0.3, 0.4) is 0 Å². The first-order chi connectivity index (χ1) is 11.8. The van der Waals surface area contributed by atoms with Gasteiger partial charge in [0.15, 0.2) is 0 Å². The Balaban J connectivity index is 0.00000243. The zero-order chi connectivity index (χ0) is 18.2. The number of hydrogen-bond donors (Lipinski definition) is 1. The van der Waals surface area contributed by atoms with Crippen molar-refractivity contribution in [2.45, 2.75) is 4.90 Å². The van der Waals surface area contributed by atoms with E-state index < -0.39 is 10.1 Å². The van der Waals surface area contributed by atoms with Crippen LogP contribution in [0.15, 0.2) is 72.6 Å². The molecule has 0 saturated heterocycles. The van der Waals surface area contributed by atoms with Crippen LogP contribution in [0.5, 0.6) is 0 Å². The van der Waals surface area contributed by atoms with Crippen LogP contribution in [0.2, 0.25) is 0 Å². The average Bonchev–Trinajstić information content (AvgIpc) is 2.54. The summed E-state index contributed by atoms with van der Waals surface area (Å²) in [7, 11) is -4.69. The van der Waals surface area contributed by atoms with Crippen molar-refractivity contribution in [1.29, 1.82) is 0 Å². The van der Waals surface area contributed by atoms with Crippen LogP contribution < -0.4 is 35.3 Å². The Hall–Kier alpha value is -0.810. The third kappa shape index (κ3) is 4.53. The third-order valence-corrected chi connectivity index (χ3v) is 5.48. The predicted octanol–water partition coefficient (Wildman–Crippen LogP) is 2.27. The van der Waals surface area contributed by atoms with Crippen LogP contribution >= 0.6 is 31.9 Å². The van der Waals surface area contributed by atoms with E-state index >= 15 is 0 Å². The normalized spacial score (nSPS) is 11.7. The van der Waals surface area contributed by atoms with E-state index in [-0.39, 0.29) is 51.2 Å². The van der Waals surface area contributed by atoms with Crippen molar-refractivity contribution in [2.24, 2.45) is 10.2 Å². The van der Waals surface area contributed by atoms with E-state index in [2.05, 4.69) is 42.1 Å². The van der Waals surface area contributed by atoms with E-state index in [1.165, 1.54) is 6.07 Å². The quantitative estimate of drug-likeness (QED) is 0.254. The smallest absolute Gasteiger partial charge is 0.744 e. The number of azo groups is 1. The van der Waals surface area contributed by atoms with Crippen LogP contribution in [0, 0.1) is 0 Å². The van der Waals surface area contributed by atoms with Crippen molar-refractivity contribution in [3.8, 4) is 0 Å². The summed E-state index contributed by atoms with van der Waals surface area (Å²) in [4.78, 5) is -0.374. The molecule has 3 rings (SSSR count). The van der Waals surface area contributed by atoms with E-state index in [1.807, 2.05) is 0 Å². The van der Waals surface area contributed by atoms with Crippen LogP contribution in [-0.2, 0) is 10.1 Å². The molecule has 0 atom stereocenters. The first-order valence-electron chi connectivity index (χ1n) is 6.91. The summed E-state index contributed by atoms with van der Waals surface area (Å²) in [6, 6.07) is 13.0. The largest absolute Gasteiger partial charge is 1.00 e. The van der Waals surface area contributed by atoms with Gasteiger partial charge in [-0.2, -0.15) is 0 Å². The zero-order valence-electron chi connectivity index (χ0n) is 13.5. The van der Waals surface area contributed by atoms with E-state index in [9.17, 15) is 13.0 Å². The standard InChI is InChI=1S/C16H11Br2N3O3S.Na/c17-9-5-6-13(12(18)7-9)20-21-14-8-15(25(22,23)24)10-3-1-2-4-11(10)16(14)19;/h1-8H,19H2,(H,22,23,24);/q;+1/p-1. The van der Waals surface area contributed by atoms with Crippen LogP contribution in [0.25, 0.3) is 10.8 Å². The van der Waals surface area contributed by atoms with Gasteiger partial charge in [0.2, 0.25) is 0 Å². The maximum absolute atomic E-state index is 11.6. The van der Waals surface area contributed by atoms with Gasteiger partial charge in [-0.25, -0.2) is 8.42 Å². The summed E-state index contributed by atoms with van der Waals surface area (Å²) >= 11 is 6.70. The summed E-state index contributed by atoms with van der Waals surface area (Å²) in [5.41, 5.74) is 6.98. The van der Waals surface area contributed by atoms with Gasteiger partial charge in [0.1, 0.15) is 15.8 Å². The molecule has 3 aromatic carbocycles. The minimum absolute atomic E-state index is 0. The molecule has 0 radical (unpaired) electrons. The molecule has 6 nitrogen and oxygen atoms in total. The van der Waals surface area contributed by atoms with E-state index in [0.717, 1.165) is 10.5 Å². The van der Waals surface area contributed by atoms with Gasteiger partial charge in [-0.3, -0.25) is 0 Å². The molecule has 0 spiro atoms. The van der Waals surface area contributed by atoms with Crippen LogP contribution in [0.4, 0.5) is 17.1 Å². The molecule has 10 heteroatoms. The molecule has 0 aliphatic heterocycles. The van der Waals surface area contributed by atoms with Gasteiger partial charge in [-0.1, -0.05) is 40.2 Å². The fourth-order valence-corrected chi connectivity index (χ4v) is 4.14. The number of nitrogens with two attached hydrogens (primary N) is 1. The minimum Gasteiger partial charge on any atom is -0.744 e. The van der Waals surface area contributed by atoms with Crippen molar-refractivity contribution in [1.82, 2.24) is 0 Å². The number of halogens is 2. The van der Waals surface area contributed by atoms with Gasteiger partial charge in [0, 0.05) is 19.7 Å². The molecule has 0 unspecified atom stereocenters. The molecule has 26 heavy (non-hydrogen) atoms. The van der Waals surface area contributed by atoms with Crippen LogP contribution in [-0.4, -0.2) is 13.0 Å². The van der Waals surface area contributed by atoms with Crippen molar-refractivity contribution in [3.63, 3.8) is 0 Å². The Morgan fingerprint density at radius 2 is 1.54 bits per heavy atom. The second kappa shape index (κ2) is 8.47. The molecule has 0 heterocycles. The van der Waals surface area contributed by atoms with E-state index in [1.54, 1.807) is 36.4 Å². The fourth-order valence-electron chi connectivity index (χ4n) is 2.31. The summed E-state index contributed by atoms with van der Waals surface area (Å²) in [6.45, 7) is 0. The monoisotopic (exact) mass is 505 g/mol. The minimum atomic E-state index is -4.69. The zero-order valence-corrected chi connectivity index (χ0v) is 19.5. The third-order valence-electron chi connectivity index (χ3n) is 3.47. The number of fused-ring (bicyclic) bond motifs is 1. The van der Waals surface area contributed by atoms with Crippen molar-refractivity contribution >= 4 is 69.8 Å². The van der Waals surface area contributed by atoms with Gasteiger partial charge in [-0.15, -0.1) is 10.2 Å². The van der Waals surface area contributed by atoms with Crippen molar-refractivity contribution in [3.05, 3.63) is 57.5 Å². The Morgan fingerprint density at radius 1 is 0.923 bits per heavy atom. The first-order valence-corrected chi connectivity index (χ1v) is 9.90. The fraction of sp³-hybridized carbons (Fsp3) is 0. The molecule has 0 fully saturated rings. The molecular weight excluding hydrogens is 497 g/mol. The molecule has 0 amide bonds. The number of nitrogens with zero attached hydrogens (tertiary/aromatic N) is 2.